The molecule has 0 saturated carbocycles. The molecule has 2 unspecified atom stereocenters. The SMILES string of the molecule is CC1CCOC(c2ccc(Cl)cc2)CN1. The van der Waals surface area contributed by atoms with Crippen LogP contribution in [0, 0.1) is 0 Å². The third-order valence-electron chi connectivity index (χ3n) is 2.76. The molecule has 1 aromatic rings. The standard InChI is InChI=1S/C12H16ClNO/c1-9-6-7-15-12(8-14-9)10-2-4-11(13)5-3-10/h2-5,9,12,14H,6-8H2,1H3. The Morgan fingerprint density at radius 1 is 1.33 bits per heavy atom. The average molecular weight is 226 g/mol. The molecule has 1 aromatic carbocycles. The zero-order chi connectivity index (χ0) is 10.7. The highest BCUT2D eigenvalue weighted by atomic mass is 35.5. The fourth-order valence-corrected chi connectivity index (χ4v) is 1.87. The van der Waals surface area contributed by atoms with Crippen molar-refractivity contribution in [1.29, 1.82) is 0 Å². The van der Waals surface area contributed by atoms with Gasteiger partial charge >= 0.3 is 0 Å². The van der Waals surface area contributed by atoms with E-state index in [9.17, 15) is 0 Å². The number of ether oxygens (including phenoxy) is 1. The van der Waals surface area contributed by atoms with Gasteiger partial charge in [-0.2, -0.15) is 0 Å². The fourth-order valence-electron chi connectivity index (χ4n) is 1.75. The van der Waals surface area contributed by atoms with Crippen LogP contribution in [-0.2, 0) is 4.74 Å². The third-order valence-corrected chi connectivity index (χ3v) is 3.02. The first-order chi connectivity index (χ1) is 7.25. The molecule has 0 aliphatic carbocycles. The van der Waals surface area contributed by atoms with Crippen molar-refractivity contribution in [3.05, 3.63) is 34.9 Å². The van der Waals surface area contributed by atoms with Gasteiger partial charge in [-0.3, -0.25) is 0 Å². The van der Waals surface area contributed by atoms with Crippen molar-refractivity contribution in [2.75, 3.05) is 13.2 Å². The second-order valence-electron chi connectivity index (χ2n) is 4.01. The van der Waals surface area contributed by atoms with Crippen LogP contribution in [0.4, 0.5) is 0 Å². The Kier molecular flexibility index (Phi) is 3.62. The molecular formula is C12H16ClNO. The first-order valence-electron chi connectivity index (χ1n) is 5.36. The summed E-state index contributed by atoms with van der Waals surface area (Å²) in [7, 11) is 0. The van der Waals surface area contributed by atoms with E-state index in [1.54, 1.807) is 0 Å². The van der Waals surface area contributed by atoms with E-state index in [1.165, 1.54) is 5.56 Å². The number of halogens is 1. The zero-order valence-electron chi connectivity index (χ0n) is 8.87. The topological polar surface area (TPSA) is 21.3 Å². The van der Waals surface area contributed by atoms with Gasteiger partial charge in [-0.05, 0) is 31.0 Å². The minimum atomic E-state index is 0.159. The van der Waals surface area contributed by atoms with Crippen LogP contribution in [0.5, 0.6) is 0 Å². The van der Waals surface area contributed by atoms with Crippen molar-refractivity contribution >= 4 is 11.6 Å². The lowest BCUT2D eigenvalue weighted by molar-refractivity contribution is 0.0665. The van der Waals surface area contributed by atoms with E-state index in [1.807, 2.05) is 24.3 Å². The van der Waals surface area contributed by atoms with Crippen LogP contribution in [0.2, 0.25) is 5.02 Å². The molecule has 1 aliphatic heterocycles. The molecule has 0 spiro atoms. The van der Waals surface area contributed by atoms with E-state index in [-0.39, 0.29) is 6.10 Å². The molecule has 0 amide bonds. The summed E-state index contributed by atoms with van der Waals surface area (Å²) in [6, 6.07) is 8.43. The van der Waals surface area contributed by atoms with Gasteiger partial charge in [0.15, 0.2) is 0 Å². The quantitative estimate of drug-likeness (QED) is 0.794. The van der Waals surface area contributed by atoms with Crippen molar-refractivity contribution in [2.45, 2.75) is 25.5 Å². The lowest BCUT2D eigenvalue weighted by Gasteiger charge is -2.15. The van der Waals surface area contributed by atoms with Crippen LogP contribution >= 0.6 is 11.6 Å². The Hall–Kier alpha value is -0.570. The van der Waals surface area contributed by atoms with Gasteiger partial charge in [-0.25, -0.2) is 0 Å². The van der Waals surface area contributed by atoms with Gasteiger partial charge in [-0.15, -0.1) is 0 Å². The summed E-state index contributed by atoms with van der Waals surface area (Å²) in [5, 5.41) is 4.22. The van der Waals surface area contributed by atoms with Crippen molar-refractivity contribution in [3.8, 4) is 0 Å². The van der Waals surface area contributed by atoms with E-state index in [2.05, 4.69) is 12.2 Å². The van der Waals surface area contributed by atoms with E-state index in [0.29, 0.717) is 6.04 Å². The lowest BCUT2D eigenvalue weighted by atomic mass is 10.1. The first kappa shape index (κ1) is 10.9. The summed E-state index contributed by atoms with van der Waals surface area (Å²) in [4.78, 5) is 0. The third kappa shape index (κ3) is 2.94. The van der Waals surface area contributed by atoms with E-state index < -0.39 is 0 Å². The van der Waals surface area contributed by atoms with Crippen LogP contribution in [-0.4, -0.2) is 19.2 Å². The Labute approximate surface area is 95.6 Å². The molecule has 1 aliphatic rings. The van der Waals surface area contributed by atoms with E-state index in [4.69, 9.17) is 16.3 Å². The highest BCUT2D eigenvalue weighted by molar-refractivity contribution is 6.30. The second kappa shape index (κ2) is 4.97. The Balaban J connectivity index is 2.06. The number of hydrogen-bond donors (Lipinski definition) is 1. The summed E-state index contributed by atoms with van der Waals surface area (Å²) >= 11 is 5.85. The summed E-state index contributed by atoms with van der Waals surface area (Å²) < 4.78 is 5.79. The lowest BCUT2D eigenvalue weighted by Crippen LogP contribution is -2.27. The molecule has 1 N–H and O–H groups in total. The molecule has 2 rings (SSSR count). The fraction of sp³-hybridized carbons (Fsp3) is 0.500. The highest BCUT2D eigenvalue weighted by Crippen LogP contribution is 2.21. The number of benzene rings is 1. The van der Waals surface area contributed by atoms with Gasteiger partial charge < -0.3 is 10.1 Å². The predicted molar refractivity (Wildman–Crippen MR) is 62.2 cm³/mol. The van der Waals surface area contributed by atoms with Gasteiger partial charge in [0.2, 0.25) is 0 Å². The van der Waals surface area contributed by atoms with Crippen molar-refractivity contribution in [1.82, 2.24) is 5.32 Å². The summed E-state index contributed by atoms with van der Waals surface area (Å²) in [6.07, 6.45) is 1.23. The summed E-state index contributed by atoms with van der Waals surface area (Å²) in [5.74, 6) is 0. The number of nitrogens with one attached hydrogen (secondary N) is 1. The molecule has 2 atom stereocenters. The van der Waals surface area contributed by atoms with Gasteiger partial charge in [0.25, 0.3) is 0 Å². The number of hydrogen-bond acceptors (Lipinski definition) is 2. The van der Waals surface area contributed by atoms with Crippen molar-refractivity contribution in [2.24, 2.45) is 0 Å². The van der Waals surface area contributed by atoms with Crippen LogP contribution in [0.25, 0.3) is 0 Å². The van der Waals surface area contributed by atoms with Crippen LogP contribution in [0.3, 0.4) is 0 Å². The highest BCUT2D eigenvalue weighted by Gasteiger charge is 2.17. The Morgan fingerprint density at radius 3 is 2.80 bits per heavy atom. The van der Waals surface area contributed by atoms with Crippen molar-refractivity contribution < 1.29 is 4.74 Å². The molecule has 15 heavy (non-hydrogen) atoms. The Bertz CT molecular complexity index is 312. The molecule has 82 valence electrons. The molecule has 3 heteroatoms. The maximum atomic E-state index is 5.85. The van der Waals surface area contributed by atoms with Gasteiger partial charge in [-0.1, -0.05) is 23.7 Å². The maximum Gasteiger partial charge on any atom is 0.0949 e. The average Bonchev–Trinajstić information content (AvgIpc) is 2.44. The first-order valence-corrected chi connectivity index (χ1v) is 5.74. The molecule has 2 nitrogen and oxygen atoms in total. The monoisotopic (exact) mass is 225 g/mol. The summed E-state index contributed by atoms with van der Waals surface area (Å²) in [5.41, 5.74) is 1.20. The van der Waals surface area contributed by atoms with Crippen LogP contribution < -0.4 is 5.32 Å². The molecule has 0 aromatic heterocycles. The van der Waals surface area contributed by atoms with Gasteiger partial charge in [0, 0.05) is 24.2 Å². The molecule has 0 bridgehead atoms. The number of rotatable bonds is 1. The van der Waals surface area contributed by atoms with Gasteiger partial charge in [0.1, 0.15) is 0 Å². The van der Waals surface area contributed by atoms with E-state index in [0.717, 1.165) is 24.6 Å². The van der Waals surface area contributed by atoms with E-state index >= 15 is 0 Å². The molecule has 1 fully saturated rings. The minimum Gasteiger partial charge on any atom is -0.372 e. The van der Waals surface area contributed by atoms with Gasteiger partial charge in [0.05, 0.1) is 6.10 Å². The Morgan fingerprint density at radius 2 is 2.07 bits per heavy atom. The van der Waals surface area contributed by atoms with Crippen molar-refractivity contribution in [3.63, 3.8) is 0 Å². The zero-order valence-corrected chi connectivity index (χ0v) is 9.63. The minimum absolute atomic E-state index is 0.159. The predicted octanol–water partition coefficient (Wildman–Crippen LogP) is 2.78. The van der Waals surface area contributed by atoms with Crippen LogP contribution in [0.15, 0.2) is 24.3 Å². The second-order valence-corrected chi connectivity index (χ2v) is 4.45. The maximum absolute atomic E-state index is 5.85. The smallest absolute Gasteiger partial charge is 0.0949 e. The molecule has 0 radical (unpaired) electrons. The van der Waals surface area contributed by atoms with Crippen LogP contribution in [0.1, 0.15) is 25.0 Å². The summed E-state index contributed by atoms with van der Waals surface area (Å²) in [6.45, 7) is 3.89. The largest absolute Gasteiger partial charge is 0.372 e. The molecule has 1 saturated heterocycles. The molecule has 1 heterocycles. The normalized spacial score (nSPS) is 27.3. The molecular weight excluding hydrogens is 210 g/mol.